The molecule has 41 heavy (non-hydrogen) atoms. The fourth-order valence-corrected chi connectivity index (χ4v) is 4.39. The van der Waals surface area contributed by atoms with Crippen LogP contribution in [0.3, 0.4) is 0 Å². The highest BCUT2D eigenvalue weighted by Crippen LogP contribution is 2.19. The van der Waals surface area contributed by atoms with Crippen molar-refractivity contribution in [3.8, 4) is 0 Å². The second kappa shape index (κ2) is 14.9. The Balaban J connectivity index is 1.80. The minimum Gasteiger partial charge on any atom is -0.480 e. The summed E-state index contributed by atoms with van der Waals surface area (Å²) in [4.78, 5) is 61.1. The molecule has 14 nitrogen and oxygen atoms in total. The zero-order valence-electron chi connectivity index (χ0n) is 22.8. The van der Waals surface area contributed by atoms with Crippen LogP contribution in [0, 0.1) is 0 Å². The van der Waals surface area contributed by atoms with Crippen molar-refractivity contribution < 1.29 is 29.4 Å². The van der Waals surface area contributed by atoms with Crippen LogP contribution in [0.1, 0.15) is 37.4 Å². The van der Waals surface area contributed by atoms with Crippen molar-refractivity contribution in [2.45, 2.75) is 69.3 Å². The topological polar surface area (TPSA) is 241 Å². The lowest BCUT2D eigenvalue weighted by atomic mass is 10.0. The maximum absolute atomic E-state index is 13.4. The van der Waals surface area contributed by atoms with E-state index in [2.05, 4.69) is 30.9 Å². The van der Waals surface area contributed by atoms with E-state index in [4.69, 9.17) is 11.5 Å². The summed E-state index contributed by atoms with van der Waals surface area (Å²) in [5, 5.41) is 28.4. The van der Waals surface area contributed by atoms with E-state index in [1.54, 1.807) is 6.20 Å². The highest BCUT2D eigenvalue weighted by molar-refractivity contribution is 5.95. The van der Waals surface area contributed by atoms with Gasteiger partial charge in [-0.05, 0) is 37.9 Å². The number of aliphatic carboxylic acids is 1. The molecule has 0 aliphatic rings. The third kappa shape index (κ3) is 8.86. The van der Waals surface area contributed by atoms with Crippen LogP contribution in [0.15, 0.2) is 43.0 Å². The predicted octanol–water partition coefficient (Wildman–Crippen LogP) is -0.948. The van der Waals surface area contributed by atoms with E-state index in [9.17, 15) is 29.4 Å². The molecule has 0 radical (unpaired) electrons. The molecular formula is C27H38N8O6. The molecule has 0 spiro atoms. The molecule has 0 bridgehead atoms. The standard InChI is InChI=1S/C27H38N8O6/c1-15(36)23(35-24(37)19(29)7-4-5-9-28)26(39)33-21(10-16-12-31-20-8-3-2-6-18(16)20)25(38)34-22(27(40)41)11-17-13-30-14-32-17/h2-3,6,8,12-15,19,21-23,31,36H,4-5,7,9-11,28-29H2,1H3,(H,30,32)(H,33,39)(H,34,38)(H,35,37)(H,40,41). The first-order chi connectivity index (χ1) is 19.6. The van der Waals surface area contributed by atoms with E-state index in [1.807, 2.05) is 24.3 Å². The first-order valence-electron chi connectivity index (χ1n) is 13.4. The minimum atomic E-state index is -1.42. The smallest absolute Gasteiger partial charge is 0.326 e. The Morgan fingerprint density at radius 2 is 1.71 bits per heavy atom. The van der Waals surface area contributed by atoms with Gasteiger partial charge in [0.15, 0.2) is 0 Å². The van der Waals surface area contributed by atoms with Gasteiger partial charge in [0.2, 0.25) is 17.7 Å². The zero-order valence-corrected chi connectivity index (χ0v) is 22.8. The van der Waals surface area contributed by atoms with Gasteiger partial charge in [-0.25, -0.2) is 9.78 Å². The number of nitrogens with zero attached hydrogens (tertiary/aromatic N) is 1. The highest BCUT2D eigenvalue weighted by atomic mass is 16.4. The predicted molar refractivity (Wildman–Crippen MR) is 150 cm³/mol. The number of carbonyl (C=O) groups excluding carboxylic acids is 3. The number of hydrogen-bond donors (Lipinski definition) is 9. The SMILES string of the molecule is CC(O)C(NC(=O)C(N)CCCCN)C(=O)NC(Cc1c[nH]c2ccccc12)C(=O)NC(Cc1cnc[nH]1)C(=O)O. The monoisotopic (exact) mass is 570 g/mol. The summed E-state index contributed by atoms with van der Waals surface area (Å²) in [5.74, 6) is -3.50. The van der Waals surface area contributed by atoms with Gasteiger partial charge < -0.3 is 47.6 Å². The molecule has 0 aliphatic carbocycles. The molecule has 0 saturated heterocycles. The third-order valence-electron chi connectivity index (χ3n) is 6.69. The van der Waals surface area contributed by atoms with Crippen molar-refractivity contribution in [2.24, 2.45) is 11.5 Å². The van der Waals surface area contributed by atoms with Gasteiger partial charge in [0.1, 0.15) is 18.1 Å². The number of imidazole rings is 1. The summed E-state index contributed by atoms with van der Waals surface area (Å²) in [6, 6.07) is 2.48. The van der Waals surface area contributed by atoms with Gasteiger partial charge >= 0.3 is 5.97 Å². The van der Waals surface area contributed by atoms with E-state index in [0.717, 1.165) is 10.9 Å². The van der Waals surface area contributed by atoms with Crippen LogP contribution in [0.2, 0.25) is 0 Å². The molecule has 0 aliphatic heterocycles. The number of amides is 3. The van der Waals surface area contributed by atoms with Gasteiger partial charge in [0.25, 0.3) is 0 Å². The number of hydrogen-bond acceptors (Lipinski definition) is 8. The number of benzene rings is 1. The Kier molecular flexibility index (Phi) is 11.4. The van der Waals surface area contributed by atoms with Crippen LogP contribution in [0.4, 0.5) is 0 Å². The molecule has 2 heterocycles. The Morgan fingerprint density at radius 3 is 2.37 bits per heavy atom. The van der Waals surface area contributed by atoms with Crippen molar-refractivity contribution >= 4 is 34.6 Å². The van der Waals surface area contributed by atoms with E-state index in [0.29, 0.717) is 37.1 Å². The van der Waals surface area contributed by atoms with Gasteiger partial charge in [0.05, 0.1) is 18.5 Å². The van der Waals surface area contributed by atoms with Crippen LogP contribution >= 0.6 is 0 Å². The van der Waals surface area contributed by atoms with Crippen molar-refractivity contribution in [1.82, 2.24) is 30.9 Å². The summed E-state index contributed by atoms with van der Waals surface area (Å²) in [5.41, 5.74) is 13.4. The maximum Gasteiger partial charge on any atom is 0.326 e. The van der Waals surface area contributed by atoms with Gasteiger partial charge in [-0.15, -0.1) is 0 Å². The number of carboxylic acid groups (broad SMARTS) is 1. The van der Waals surface area contributed by atoms with E-state index in [1.165, 1.54) is 19.4 Å². The Bertz CT molecular complexity index is 1310. The summed E-state index contributed by atoms with van der Waals surface area (Å²) < 4.78 is 0. The fourth-order valence-electron chi connectivity index (χ4n) is 4.39. The van der Waals surface area contributed by atoms with Gasteiger partial charge in [-0.3, -0.25) is 14.4 Å². The van der Waals surface area contributed by atoms with Crippen LogP contribution in [-0.2, 0) is 32.0 Å². The largest absolute Gasteiger partial charge is 0.480 e. The van der Waals surface area contributed by atoms with E-state index in [-0.39, 0.29) is 12.8 Å². The molecule has 222 valence electrons. The molecule has 5 atom stereocenters. The molecule has 11 N–H and O–H groups in total. The molecule has 14 heteroatoms. The van der Waals surface area contributed by atoms with Gasteiger partial charge in [-0.2, -0.15) is 0 Å². The van der Waals surface area contributed by atoms with Crippen LogP contribution < -0.4 is 27.4 Å². The van der Waals surface area contributed by atoms with Crippen LogP contribution in [-0.4, -0.2) is 85.7 Å². The lowest BCUT2D eigenvalue weighted by Crippen LogP contribution is -2.60. The number of rotatable bonds is 16. The van der Waals surface area contributed by atoms with Gasteiger partial charge in [0, 0.05) is 41.8 Å². The second-order valence-corrected chi connectivity index (χ2v) is 9.92. The number of carboxylic acids is 1. The summed E-state index contributed by atoms with van der Waals surface area (Å²) in [7, 11) is 0. The molecular weight excluding hydrogens is 532 g/mol. The molecule has 0 saturated carbocycles. The normalized spacial score (nSPS) is 14.9. The molecule has 1 aromatic carbocycles. The Labute approximate surface area is 236 Å². The number of aromatic nitrogens is 3. The zero-order chi connectivity index (χ0) is 29.9. The number of aliphatic hydroxyl groups excluding tert-OH is 1. The first-order valence-corrected chi connectivity index (χ1v) is 13.4. The summed E-state index contributed by atoms with van der Waals surface area (Å²) in [6.07, 6.45) is 4.80. The first kappa shape index (κ1) is 31.3. The number of carbonyl (C=O) groups is 4. The quantitative estimate of drug-likeness (QED) is 0.0963. The summed E-state index contributed by atoms with van der Waals surface area (Å²) in [6.45, 7) is 1.78. The molecule has 3 aromatic rings. The van der Waals surface area contributed by atoms with Crippen molar-refractivity contribution in [3.05, 3.63) is 54.2 Å². The molecule has 2 aromatic heterocycles. The average Bonchev–Trinajstić information content (AvgIpc) is 3.60. The average molecular weight is 571 g/mol. The van der Waals surface area contributed by atoms with Crippen molar-refractivity contribution in [1.29, 1.82) is 0 Å². The van der Waals surface area contributed by atoms with Crippen LogP contribution in [0.5, 0.6) is 0 Å². The second-order valence-electron chi connectivity index (χ2n) is 9.92. The highest BCUT2D eigenvalue weighted by Gasteiger charge is 2.33. The number of unbranched alkanes of at least 4 members (excludes halogenated alkanes) is 1. The maximum atomic E-state index is 13.4. The molecule has 5 unspecified atom stereocenters. The number of nitrogens with two attached hydrogens (primary N) is 2. The molecule has 3 rings (SSSR count). The number of aliphatic hydroxyl groups is 1. The van der Waals surface area contributed by atoms with E-state index >= 15 is 0 Å². The fraction of sp³-hybridized carbons (Fsp3) is 0.444. The van der Waals surface area contributed by atoms with Gasteiger partial charge in [-0.1, -0.05) is 24.6 Å². The van der Waals surface area contributed by atoms with Crippen molar-refractivity contribution in [2.75, 3.05) is 6.54 Å². The lowest BCUT2D eigenvalue weighted by Gasteiger charge is -2.26. The Morgan fingerprint density at radius 1 is 0.976 bits per heavy atom. The third-order valence-corrected chi connectivity index (χ3v) is 6.69. The molecule has 3 amide bonds. The minimum absolute atomic E-state index is 0.00291. The number of aromatic amines is 2. The lowest BCUT2D eigenvalue weighted by molar-refractivity contribution is -0.142. The number of H-pyrrole nitrogens is 2. The molecule has 0 fully saturated rings. The van der Waals surface area contributed by atoms with Crippen molar-refractivity contribution in [3.63, 3.8) is 0 Å². The van der Waals surface area contributed by atoms with E-state index < -0.39 is 54.0 Å². The number of nitrogens with one attached hydrogen (secondary N) is 5. The number of para-hydroxylation sites is 1. The Hall–Kier alpha value is -4.27. The summed E-state index contributed by atoms with van der Waals surface area (Å²) >= 11 is 0. The van der Waals surface area contributed by atoms with Crippen LogP contribution in [0.25, 0.3) is 10.9 Å². The number of fused-ring (bicyclic) bond motifs is 1.